The summed E-state index contributed by atoms with van der Waals surface area (Å²) in [7, 11) is 0. The average Bonchev–Trinajstić information content (AvgIpc) is 2.28. The Hall–Kier alpha value is -1.36. The lowest BCUT2D eigenvalue weighted by Crippen LogP contribution is -2.44. The Morgan fingerprint density at radius 1 is 1.39 bits per heavy atom. The summed E-state index contributed by atoms with van der Waals surface area (Å²) in [6, 6.07) is -0.544. The summed E-state index contributed by atoms with van der Waals surface area (Å²) in [6.07, 6.45) is 4.21. The van der Waals surface area contributed by atoms with E-state index in [0.717, 1.165) is 12.8 Å². The Balaban J connectivity index is 3.83. The van der Waals surface area contributed by atoms with Gasteiger partial charge >= 0.3 is 5.97 Å². The van der Waals surface area contributed by atoms with Gasteiger partial charge in [0, 0.05) is 6.04 Å². The fourth-order valence-electron chi connectivity index (χ4n) is 1.56. The lowest BCUT2D eigenvalue weighted by molar-refractivity contribution is -0.141. The number of carbonyl (C=O) groups is 2. The molecule has 0 radical (unpaired) electrons. The largest absolute Gasteiger partial charge is 0.481 e. The molecule has 3 atom stereocenters. The predicted octanol–water partition coefficient (Wildman–Crippen LogP) is 1.29. The first-order chi connectivity index (χ1) is 8.38. The number of rotatable bonds is 9. The van der Waals surface area contributed by atoms with E-state index in [-0.39, 0.29) is 17.9 Å². The molecule has 0 aliphatic carbocycles. The Bertz CT molecular complexity index is 292. The van der Waals surface area contributed by atoms with Crippen LogP contribution in [0.3, 0.4) is 0 Å². The highest BCUT2D eigenvalue weighted by molar-refractivity contribution is 5.81. The van der Waals surface area contributed by atoms with E-state index < -0.39 is 12.0 Å². The summed E-state index contributed by atoms with van der Waals surface area (Å²) >= 11 is 0. The molecule has 0 bridgehead atoms. The lowest BCUT2D eigenvalue weighted by Gasteiger charge is -2.17. The van der Waals surface area contributed by atoms with Gasteiger partial charge in [0.2, 0.25) is 5.91 Å². The SMILES string of the molecule is C=CCC(N)C(=O)NC(C)CCCC(C)C(=O)O. The van der Waals surface area contributed by atoms with E-state index in [4.69, 9.17) is 10.8 Å². The molecular weight excluding hydrogens is 232 g/mol. The van der Waals surface area contributed by atoms with Gasteiger partial charge in [-0.1, -0.05) is 19.4 Å². The summed E-state index contributed by atoms with van der Waals surface area (Å²) in [4.78, 5) is 22.2. The van der Waals surface area contributed by atoms with Gasteiger partial charge in [-0.05, 0) is 26.2 Å². The van der Waals surface area contributed by atoms with Gasteiger partial charge in [-0.2, -0.15) is 0 Å². The third kappa shape index (κ3) is 7.06. The zero-order chi connectivity index (χ0) is 14.1. The van der Waals surface area contributed by atoms with E-state index in [0.29, 0.717) is 12.8 Å². The molecule has 0 aromatic carbocycles. The summed E-state index contributed by atoms with van der Waals surface area (Å²) in [5.41, 5.74) is 5.63. The summed E-state index contributed by atoms with van der Waals surface area (Å²) in [5, 5.41) is 11.5. The number of carbonyl (C=O) groups excluding carboxylic acids is 1. The van der Waals surface area contributed by atoms with Crippen molar-refractivity contribution in [3.8, 4) is 0 Å². The van der Waals surface area contributed by atoms with Crippen molar-refractivity contribution in [2.45, 2.75) is 51.6 Å². The Kier molecular flexibility index (Phi) is 8.03. The molecule has 0 rings (SSSR count). The zero-order valence-electron chi connectivity index (χ0n) is 11.2. The summed E-state index contributed by atoms with van der Waals surface area (Å²) < 4.78 is 0. The molecule has 5 nitrogen and oxygen atoms in total. The molecule has 0 heterocycles. The number of carboxylic acid groups (broad SMARTS) is 1. The first-order valence-corrected chi connectivity index (χ1v) is 6.28. The third-order valence-electron chi connectivity index (χ3n) is 2.84. The second kappa shape index (κ2) is 8.69. The van der Waals surface area contributed by atoms with Crippen molar-refractivity contribution in [3.05, 3.63) is 12.7 Å². The zero-order valence-corrected chi connectivity index (χ0v) is 11.2. The van der Waals surface area contributed by atoms with Crippen molar-refractivity contribution in [3.63, 3.8) is 0 Å². The molecule has 0 fully saturated rings. The first kappa shape index (κ1) is 16.6. The van der Waals surface area contributed by atoms with Crippen LogP contribution in [0.25, 0.3) is 0 Å². The topological polar surface area (TPSA) is 92.4 Å². The van der Waals surface area contributed by atoms with Gasteiger partial charge in [-0.3, -0.25) is 9.59 Å². The van der Waals surface area contributed by atoms with Gasteiger partial charge in [-0.25, -0.2) is 0 Å². The van der Waals surface area contributed by atoms with Crippen LogP contribution in [-0.2, 0) is 9.59 Å². The molecule has 0 aliphatic rings. The van der Waals surface area contributed by atoms with Crippen molar-refractivity contribution >= 4 is 11.9 Å². The van der Waals surface area contributed by atoms with Crippen molar-refractivity contribution < 1.29 is 14.7 Å². The van der Waals surface area contributed by atoms with E-state index in [1.165, 1.54) is 0 Å². The van der Waals surface area contributed by atoms with Gasteiger partial charge < -0.3 is 16.2 Å². The molecule has 3 unspecified atom stereocenters. The number of nitrogens with one attached hydrogen (secondary N) is 1. The molecule has 0 saturated heterocycles. The lowest BCUT2D eigenvalue weighted by atomic mass is 10.0. The maximum atomic E-state index is 11.6. The second-order valence-electron chi connectivity index (χ2n) is 4.71. The van der Waals surface area contributed by atoms with Crippen LogP contribution >= 0.6 is 0 Å². The minimum atomic E-state index is -0.778. The number of aliphatic carboxylic acids is 1. The molecule has 1 amide bonds. The van der Waals surface area contributed by atoms with E-state index in [2.05, 4.69) is 11.9 Å². The minimum Gasteiger partial charge on any atom is -0.481 e. The van der Waals surface area contributed by atoms with Gasteiger partial charge in [-0.15, -0.1) is 6.58 Å². The van der Waals surface area contributed by atoms with Crippen LogP contribution in [0.15, 0.2) is 12.7 Å². The Labute approximate surface area is 108 Å². The Morgan fingerprint density at radius 3 is 2.50 bits per heavy atom. The monoisotopic (exact) mass is 256 g/mol. The Morgan fingerprint density at radius 2 is 2.00 bits per heavy atom. The summed E-state index contributed by atoms with van der Waals surface area (Å²) in [5.74, 6) is -1.30. The molecule has 0 saturated carbocycles. The standard InChI is InChI=1S/C13H24N2O3/c1-4-6-11(14)12(16)15-10(3)8-5-7-9(2)13(17)18/h4,9-11H,1,5-8,14H2,2-3H3,(H,15,16)(H,17,18). The van der Waals surface area contributed by atoms with Gasteiger partial charge in [0.05, 0.1) is 12.0 Å². The number of amides is 1. The van der Waals surface area contributed by atoms with Crippen LogP contribution in [0.2, 0.25) is 0 Å². The molecule has 0 aromatic heterocycles. The van der Waals surface area contributed by atoms with Gasteiger partial charge in [0.15, 0.2) is 0 Å². The molecule has 0 aromatic rings. The second-order valence-corrected chi connectivity index (χ2v) is 4.71. The molecular formula is C13H24N2O3. The minimum absolute atomic E-state index is 0.00867. The van der Waals surface area contributed by atoms with Crippen molar-refractivity contribution in [1.82, 2.24) is 5.32 Å². The number of carboxylic acids is 1. The number of hydrogen-bond donors (Lipinski definition) is 3. The molecule has 0 spiro atoms. The highest BCUT2D eigenvalue weighted by Gasteiger charge is 2.15. The number of hydrogen-bond acceptors (Lipinski definition) is 3. The van der Waals surface area contributed by atoms with E-state index >= 15 is 0 Å². The quantitative estimate of drug-likeness (QED) is 0.542. The van der Waals surface area contributed by atoms with Crippen LogP contribution in [-0.4, -0.2) is 29.1 Å². The smallest absolute Gasteiger partial charge is 0.306 e. The molecule has 104 valence electrons. The highest BCUT2D eigenvalue weighted by Crippen LogP contribution is 2.09. The maximum Gasteiger partial charge on any atom is 0.306 e. The fourth-order valence-corrected chi connectivity index (χ4v) is 1.56. The van der Waals surface area contributed by atoms with Crippen molar-refractivity contribution in [2.75, 3.05) is 0 Å². The van der Waals surface area contributed by atoms with Crippen LogP contribution in [0, 0.1) is 5.92 Å². The van der Waals surface area contributed by atoms with Crippen LogP contribution in [0.1, 0.15) is 39.5 Å². The first-order valence-electron chi connectivity index (χ1n) is 6.28. The average molecular weight is 256 g/mol. The fraction of sp³-hybridized carbons (Fsp3) is 0.692. The van der Waals surface area contributed by atoms with Crippen molar-refractivity contribution in [1.29, 1.82) is 0 Å². The molecule has 0 aliphatic heterocycles. The maximum absolute atomic E-state index is 11.6. The van der Waals surface area contributed by atoms with E-state index in [1.807, 2.05) is 6.92 Å². The predicted molar refractivity (Wildman–Crippen MR) is 71.0 cm³/mol. The third-order valence-corrected chi connectivity index (χ3v) is 2.84. The van der Waals surface area contributed by atoms with Crippen LogP contribution in [0.4, 0.5) is 0 Å². The van der Waals surface area contributed by atoms with Crippen LogP contribution < -0.4 is 11.1 Å². The highest BCUT2D eigenvalue weighted by atomic mass is 16.4. The molecule has 5 heteroatoms. The van der Waals surface area contributed by atoms with Crippen molar-refractivity contribution in [2.24, 2.45) is 11.7 Å². The van der Waals surface area contributed by atoms with Gasteiger partial charge in [0.1, 0.15) is 0 Å². The summed E-state index contributed by atoms with van der Waals surface area (Å²) in [6.45, 7) is 7.11. The number of nitrogens with two attached hydrogens (primary N) is 1. The van der Waals surface area contributed by atoms with Gasteiger partial charge in [0.25, 0.3) is 0 Å². The molecule has 18 heavy (non-hydrogen) atoms. The van der Waals surface area contributed by atoms with Crippen LogP contribution in [0.5, 0.6) is 0 Å². The molecule has 4 N–H and O–H groups in total. The normalized spacial score (nSPS) is 15.5. The van der Waals surface area contributed by atoms with E-state index in [9.17, 15) is 9.59 Å². The van der Waals surface area contributed by atoms with E-state index in [1.54, 1.807) is 13.0 Å².